The second-order valence-electron chi connectivity index (χ2n) is 14.2. The highest BCUT2D eigenvalue weighted by atomic mass is 16.3. The highest BCUT2D eigenvalue weighted by molar-refractivity contribution is 6.23. The van der Waals surface area contributed by atoms with Crippen LogP contribution >= 0.6 is 0 Å². The topological polar surface area (TPSA) is 166 Å². The molecule has 0 aromatic heterocycles. The van der Waals surface area contributed by atoms with Crippen molar-refractivity contribution in [2.45, 2.75) is 92.1 Å². The van der Waals surface area contributed by atoms with E-state index in [9.17, 15) is 44.4 Å². The molecule has 242 valence electrons. The summed E-state index contributed by atoms with van der Waals surface area (Å²) in [5.41, 5.74) is -2.67. The van der Waals surface area contributed by atoms with Crippen molar-refractivity contribution < 1.29 is 44.4 Å². The monoisotopic (exact) mass is 628 g/mol. The number of fused-ring (bicyclic) bond motifs is 3. The van der Waals surface area contributed by atoms with Gasteiger partial charge >= 0.3 is 0 Å². The summed E-state index contributed by atoms with van der Waals surface area (Å²) < 4.78 is 0. The third-order valence-electron chi connectivity index (χ3n) is 10.2. The molecule has 5 rings (SSSR count). The molecule has 0 amide bonds. The molecule has 0 aliphatic heterocycles. The van der Waals surface area contributed by atoms with Crippen LogP contribution in [0.1, 0.15) is 104 Å². The zero-order chi connectivity index (χ0) is 34.3. The van der Waals surface area contributed by atoms with E-state index in [0.29, 0.717) is 16.7 Å². The fraction of sp³-hybridized carbons (Fsp3) is 0.432. The number of phenolic OH excluding ortho intramolecular Hbond substituents is 1. The first-order chi connectivity index (χ1) is 21.3. The molecule has 9 nitrogen and oxygen atoms in total. The van der Waals surface area contributed by atoms with Crippen LogP contribution in [0.25, 0.3) is 5.76 Å². The summed E-state index contributed by atoms with van der Waals surface area (Å²) in [4.78, 5) is 65.1. The summed E-state index contributed by atoms with van der Waals surface area (Å²) in [6.45, 7) is 11.5. The van der Waals surface area contributed by atoms with Crippen LogP contribution in [-0.4, -0.2) is 54.9 Å². The number of Topliss-reactive ketones (excluding diaryl/α,β-unsaturated/α-hetero) is 5. The van der Waals surface area contributed by atoms with E-state index in [-0.39, 0.29) is 72.0 Å². The highest BCUT2D eigenvalue weighted by Gasteiger charge is 2.68. The van der Waals surface area contributed by atoms with Crippen molar-refractivity contribution in [1.29, 1.82) is 0 Å². The minimum atomic E-state index is -2.66. The predicted octanol–water partition coefficient (Wildman–Crippen LogP) is 5.30. The van der Waals surface area contributed by atoms with Crippen LogP contribution in [0.3, 0.4) is 0 Å². The normalized spacial score (nSPS) is 25.8. The number of carbonyl (C=O) groups excluding carboxylic acids is 5. The molecular formula is C37H40O9. The zero-order valence-corrected chi connectivity index (χ0v) is 27.3. The minimum absolute atomic E-state index is 0.00955. The molecule has 2 aromatic rings. The van der Waals surface area contributed by atoms with Crippen LogP contribution in [0.15, 0.2) is 41.2 Å². The van der Waals surface area contributed by atoms with Crippen LogP contribution in [0.5, 0.6) is 5.75 Å². The van der Waals surface area contributed by atoms with Crippen LogP contribution < -0.4 is 0 Å². The van der Waals surface area contributed by atoms with Gasteiger partial charge < -0.3 is 20.4 Å². The number of rotatable bonds is 7. The molecule has 0 heterocycles. The molecule has 2 aromatic carbocycles. The molecular weight excluding hydrogens is 588 g/mol. The summed E-state index contributed by atoms with van der Waals surface area (Å²) in [7, 11) is 0. The van der Waals surface area contributed by atoms with E-state index >= 15 is 0 Å². The first-order valence-electron chi connectivity index (χ1n) is 15.5. The fourth-order valence-electron chi connectivity index (χ4n) is 8.11. The van der Waals surface area contributed by atoms with Gasteiger partial charge in [-0.25, -0.2) is 0 Å². The van der Waals surface area contributed by atoms with E-state index in [0.717, 1.165) is 18.1 Å². The van der Waals surface area contributed by atoms with Gasteiger partial charge in [-0.05, 0) is 62.3 Å². The van der Waals surface area contributed by atoms with Crippen molar-refractivity contribution >= 4 is 34.7 Å². The van der Waals surface area contributed by atoms with E-state index in [1.165, 1.54) is 13.8 Å². The van der Waals surface area contributed by atoms with E-state index in [4.69, 9.17) is 0 Å². The van der Waals surface area contributed by atoms with E-state index < -0.39 is 50.9 Å². The molecule has 0 spiro atoms. The van der Waals surface area contributed by atoms with Crippen molar-refractivity contribution in [3.05, 3.63) is 80.1 Å². The van der Waals surface area contributed by atoms with Crippen molar-refractivity contribution in [2.75, 3.05) is 0 Å². The maximum absolute atomic E-state index is 14.3. The van der Waals surface area contributed by atoms with Gasteiger partial charge in [0.2, 0.25) is 5.78 Å². The number of aliphatic hydroxyl groups excluding tert-OH is 2. The van der Waals surface area contributed by atoms with Gasteiger partial charge in [0.25, 0.3) is 0 Å². The molecule has 0 bridgehead atoms. The average molecular weight is 629 g/mol. The Morgan fingerprint density at radius 2 is 1.54 bits per heavy atom. The largest absolute Gasteiger partial charge is 0.508 e. The Morgan fingerprint density at radius 3 is 2.13 bits per heavy atom. The summed E-state index contributed by atoms with van der Waals surface area (Å²) in [6.07, 6.45) is -0.456. The number of aryl methyl sites for hydroxylation is 1. The molecule has 3 aliphatic rings. The molecule has 9 heteroatoms. The minimum Gasteiger partial charge on any atom is -0.508 e. The second-order valence-corrected chi connectivity index (χ2v) is 14.2. The quantitative estimate of drug-likeness (QED) is 0.235. The van der Waals surface area contributed by atoms with Gasteiger partial charge in [-0.15, -0.1) is 0 Å². The lowest BCUT2D eigenvalue weighted by Gasteiger charge is -2.56. The lowest BCUT2D eigenvalue weighted by molar-refractivity contribution is -0.165. The van der Waals surface area contributed by atoms with Gasteiger partial charge in [-0.2, -0.15) is 0 Å². The zero-order valence-electron chi connectivity index (χ0n) is 27.3. The molecule has 3 atom stereocenters. The number of phenols is 1. The number of carbonyl (C=O) groups is 5. The molecule has 0 radical (unpaired) electrons. The van der Waals surface area contributed by atoms with Crippen LogP contribution in [-0.2, 0) is 38.4 Å². The lowest BCUT2D eigenvalue weighted by Crippen LogP contribution is -2.65. The second kappa shape index (κ2) is 10.9. The molecule has 0 unspecified atom stereocenters. The van der Waals surface area contributed by atoms with Crippen molar-refractivity contribution in [3.63, 3.8) is 0 Å². The summed E-state index contributed by atoms with van der Waals surface area (Å²) in [5.74, 6) is -5.05. The Kier molecular flexibility index (Phi) is 7.80. The van der Waals surface area contributed by atoms with Gasteiger partial charge in [-0.1, -0.05) is 51.5 Å². The smallest absolute Gasteiger partial charge is 0.203 e. The summed E-state index contributed by atoms with van der Waals surface area (Å²) >= 11 is 0. The van der Waals surface area contributed by atoms with E-state index in [1.807, 2.05) is 26.8 Å². The standard InChI is InChI=1S/C37H40O9/c1-17(2)24-13-22(12-23(40)11-21-9-8-18(3)10-25(21)19(4)38)31(42)29-26(24)14-35(6)16-36(7)15-27(41)28(20(5)39)33(44)37(36,46)34(45)30(35)32(29)43/h8-10,13,17,42-44,46H,11-12,14-16H2,1-7H3/t35-,36+,37+/m1/s1. The lowest BCUT2D eigenvalue weighted by atomic mass is 9.47. The number of aromatic hydroxyl groups is 1. The van der Waals surface area contributed by atoms with Crippen molar-refractivity contribution in [1.82, 2.24) is 0 Å². The number of ketones is 5. The molecule has 3 aliphatic carbocycles. The third kappa shape index (κ3) is 4.75. The van der Waals surface area contributed by atoms with Crippen molar-refractivity contribution in [2.24, 2.45) is 10.8 Å². The summed E-state index contributed by atoms with van der Waals surface area (Å²) in [6, 6.07) is 7.02. The molecule has 1 fully saturated rings. The maximum atomic E-state index is 14.3. The first-order valence-corrected chi connectivity index (χ1v) is 15.5. The Hall–Kier alpha value is -4.37. The van der Waals surface area contributed by atoms with Gasteiger partial charge in [0.15, 0.2) is 23.0 Å². The van der Waals surface area contributed by atoms with Gasteiger partial charge in [-0.3, -0.25) is 24.0 Å². The molecule has 46 heavy (non-hydrogen) atoms. The third-order valence-corrected chi connectivity index (χ3v) is 10.2. The van der Waals surface area contributed by atoms with Gasteiger partial charge in [0.05, 0.1) is 5.56 Å². The van der Waals surface area contributed by atoms with Crippen LogP contribution in [0.4, 0.5) is 0 Å². The number of hydrogen-bond acceptors (Lipinski definition) is 9. The van der Waals surface area contributed by atoms with Crippen LogP contribution in [0, 0.1) is 17.8 Å². The molecule has 4 N–H and O–H groups in total. The van der Waals surface area contributed by atoms with Gasteiger partial charge in [0, 0.05) is 46.8 Å². The predicted molar refractivity (Wildman–Crippen MR) is 170 cm³/mol. The van der Waals surface area contributed by atoms with Crippen molar-refractivity contribution in [3.8, 4) is 5.75 Å². The molecule has 0 saturated heterocycles. The maximum Gasteiger partial charge on any atom is 0.203 e. The van der Waals surface area contributed by atoms with Gasteiger partial charge in [0.1, 0.15) is 28.6 Å². The Morgan fingerprint density at radius 1 is 0.913 bits per heavy atom. The average Bonchev–Trinajstić information content (AvgIpc) is 2.92. The Labute approximate surface area is 267 Å². The number of aliphatic hydroxyl groups is 3. The number of benzene rings is 2. The Bertz CT molecular complexity index is 1840. The summed E-state index contributed by atoms with van der Waals surface area (Å²) in [5, 5.41) is 46.4. The van der Waals surface area contributed by atoms with E-state index in [2.05, 4.69) is 0 Å². The highest BCUT2D eigenvalue weighted by Crippen LogP contribution is 2.63. The first kappa shape index (κ1) is 33.0. The fourth-order valence-corrected chi connectivity index (χ4v) is 8.11. The molecule has 1 saturated carbocycles. The van der Waals surface area contributed by atoms with Crippen LogP contribution in [0.2, 0.25) is 0 Å². The number of hydrogen-bond donors (Lipinski definition) is 4. The number of allylic oxidation sites excluding steroid dienone is 1. The van der Waals surface area contributed by atoms with E-state index in [1.54, 1.807) is 25.1 Å². The Balaban J connectivity index is 1.65. The SMILES string of the molecule is CC(=O)C1=C(O)[C@]2(O)C(=O)C3=C(O)c4c(O)c(CC(=O)Cc5ccc(C)cc5C(C)=O)cc(C(C)C)c4C[C@]3(C)C[C@]2(C)CC1=O.